The highest BCUT2D eigenvalue weighted by molar-refractivity contribution is 5.91. The van der Waals surface area contributed by atoms with Gasteiger partial charge in [-0.15, -0.1) is 0 Å². The summed E-state index contributed by atoms with van der Waals surface area (Å²) in [6, 6.07) is 15.9. The van der Waals surface area contributed by atoms with Crippen molar-refractivity contribution < 1.29 is 9.53 Å². The molecule has 2 aromatic carbocycles. The third-order valence-corrected chi connectivity index (χ3v) is 5.31. The Balaban J connectivity index is 1.28. The van der Waals surface area contributed by atoms with Crippen LogP contribution in [0.3, 0.4) is 0 Å². The number of benzene rings is 2. The van der Waals surface area contributed by atoms with Crippen LogP contribution >= 0.6 is 0 Å². The van der Waals surface area contributed by atoms with Crippen molar-refractivity contribution in [1.82, 2.24) is 9.80 Å². The van der Waals surface area contributed by atoms with E-state index in [0.29, 0.717) is 5.56 Å². The number of nitriles is 1. The predicted octanol–water partition coefficient (Wildman–Crippen LogP) is 2.85. The second-order valence-electron chi connectivity index (χ2n) is 7.21. The largest absolute Gasteiger partial charge is 0.493 e. The maximum atomic E-state index is 12.5. The van der Waals surface area contributed by atoms with Crippen LogP contribution in [0.5, 0.6) is 5.75 Å². The van der Waals surface area contributed by atoms with Gasteiger partial charge in [-0.3, -0.25) is 9.69 Å². The van der Waals surface area contributed by atoms with E-state index in [1.807, 2.05) is 47.4 Å². The number of carbonyl (C=O) groups excluding carboxylic acids is 1. The first-order valence-electron chi connectivity index (χ1n) is 9.65. The van der Waals surface area contributed by atoms with Gasteiger partial charge in [-0.05, 0) is 47.0 Å². The molecule has 0 radical (unpaired) electrons. The minimum Gasteiger partial charge on any atom is -0.493 e. The van der Waals surface area contributed by atoms with Gasteiger partial charge in [-0.1, -0.05) is 18.2 Å². The van der Waals surface area contributed by atoms with Crippen LogP contribution in [-0.2, 0) is 17.8 Å². The van der Waals surface area contributed by atoms with Gasteiger partial charge in [-0.2, -0.15) is 5.26 Å². The van der Waals surface area contributed by atoms with Gasteiger partial charge in [0.15, 0.2) is 0 Å². The number of hydrogen-bond acceptors (Lipinski definition) is 4. The number of carbonyl (C=O) groups is 1. The summed E-state index contributed by atoms with van der Waals surface area (Å²) in [7, 11) is 0. The Labute approximate surface area is 165 Å². The van der Waals surface area contributed by atoms with Gasteiger partial charge < -0.3 is 9.64 Å². The van der Waals surface area contributed by atoms with Crippen molar-refractivity contribution in [3.63, 3.8) is 0 Å². The Morgan fingerprint density at radius 2 is 1.89 bits per heavy atom. The second kappa shape index (κ2) is 8.28. The molecule has 4 rings (SSSR count). The Hall–Kier alpha value is -3.10. The number of fused-ring (bicyclic) bond motifs is 1. The quantitative estimate of drug-likeness (QED) is 0.774. The standard InChI is InChI=1S/C23H23N3O2/c24-16-19-1-3-20(4-2-19)17-25-10-12-26(13-11-25)23(27)8-6-18-5-7-22-21(15-18)9-14-28-22/h1-8,15H,9-14,17H2/b8-6+. The van der Waals surface area contributed by atoms with Crippen LogP contribution in [0, 0.1) is 11.3 Å². The lowest BCUT2D eigenvalue weighted by Gasteiger charge is -2.34. The molecule has 2 aromatic rings. The van der Waals surface area contributed by atoms with E-state index in [9.17, 15) is 4.79 Å². The Kier molecular flexibility index (Phi) is 5.41. The van der Waals surface area contributed by atoms with Gasteiger partial charge in [0.05, 0.1) is 18.2 Å². The molecule has 28 heavy (non-hydrogen) atoms. The normalized spacial score (nSPS) is 16.6. The average Bonchev–Trinajstić information content (AvgIpc) is 3.21. The van der Waals surface area contributed by atoms with Crippen molar-refractivity contribution in [3.8, 4) is 11.8 Å². The molecule has 0 N–H and O–H groups in total. The smallest absolute Gasteiger partial charge is 0.246 e. The van der Waals surface area contributed by atoms with E-state index in [4.69, 9.17) is 10.00 Å². The summed E-state index contributed by atoms with van der Waals surface area (Å²) in [6.45, 7) is 4.77. The summed E-state index contributed by atoms with van der Waals surface area (Å²) >= 11 is 0. The molecule has 5 nitrogen and oxygen atoms in total. The molecular weight excluding hydrogens is 350 g/mol. The highest BCUT2D eigenvalue weighted by atomic mass is 16.5. The Morgan fingerprint density at radius 1 is 1.11 bits per heavy atom. The molecule has 1 fully saturated rings. The van der Waals surface area contributed by atoms with Crippen molar-refractivity contribution in [3.05, 3.63) is 70.8 Å². The fraction of sp³-hybridized carbons (Fsp3) is 0.304. The zero-order chi connectivity index (χ0) is 19.3. The lowest BCUT2D eigenvalue weighted by atomic mass is 10.1. The zero-order valence-corrected chi connectivity index (χ0v) is 15.8. The first kappa shape index (κ1) is 18.3. The number of rotatable bonds is 4. The van der Waals surface area contributed by atoms with Crippen LogP contribution < -0.4 is 4.74 Å². The first-order valence-corrected chi connectivity index (χ1v) is 9.65. The highest BCUT2D eigenvalue weighted by Crippen LogP contribution is 2.26. The van der Waals surface area contributed by atoms with Crippen LogP contribution in [0.25, 0.3) is 6.08 Å². The molecule has 2 aliphatic rings. The molecule has 0 spiro atoms. The maximum Gasteiger partial charge on any atom is 0.246 e. The van der Waals surface area contributed by atoms with Crippen LogP contribution in [-0.4, -0.2) is 48.5 Å². The molecule has 1 amide bonds. The van der Waals surface area contributed by atoms with E-state index < -0.39 is 0 Å². The molecule has 0 unspecified atom stereocenters. The van der Waals surface area contributed by atoms with E-state index >= 15 is 0 Å². The molecule has 2 heterocycles. The van der Waals surface area contributed by atoms with Gasteiger partial charge in [0, 0.05) is 45.2 Å². The molecule has 0 aromatic heterocycles. The third-order valence-electron chi connectivity index (χ3n) is 5.31. The highest BCUT2D eigenvalue weighted by Gasteiger charge is 2.19. The Bertz CT molecular complexity index is 920. The molecule has 142 valence electrons. The molecule has 0 aliphatic carbocycles. The maximum absolute atomic E-state index is 12.5. The van der Waals surface area contributed by atoms with E-state index in [-0.39, 0.29) is 5.91 Å². The van der Waals surface area contributed by atoms with E-state index in [1.165, 1.54) is 11.1 Å². The van der Waals surface area contributed by atoms with Gasteiger partial charge in [0.25, 0.3) is 0 Å². The fourth-order valence-corrected chi connectivity index (χ4v) is 3.65. The third kappa shape index (κ3) is 4.24. The number of nitrogens with zero attached hydrogens (tertiary/aromatic N) is 3. The number of amides is 1. The summed E-state index contributed by atoms with van der Waals surface area (Å²) in [6.07, 6.45) is 4.50. The van der Waals surface area contributed by atoms with Crippen LogP contribution in [0.4, 0.5) is 0 Å². The number of ether oxygens (including phenoxy) is 1. The Morgan fingerprint density at radius 3 is 2.64 bits per heavy atom. The lowest BCUT2D eigenvalue weighted by Crippen LogP contribution is -2.47. The minimum atomic E-state index is 0.0646. The van der Waals surface area contributed by atoms with Crippen LogP contribution in [0.1, 0.15) is 22.3 Å². The topological polar surface area (TPSA) is 56.6 Å². The second-order valence-corrected chi connectivity index (χ2v) is 7.21. The summed E-state index contributed by atoms with van der Waals surface area (Å²) in [4.78, 5) is 16.8. The molecule has 5 heteroatoms. The van der Waals surface area contributed by atoms with E-state index in [1.54, 1.807) is 6.08 Å². The average molecular weight is 373 g/mol. The molecule has 0 atom stereocenters. The molecule has 0 bridgehead atoms. The van der Waals surface area contributed by atoms with Gasteiger partial charge in [0.1, 0.15) is 5.75 Å². The summed E-state index contributed by atoms with van der Waals surface area (Å²) < 4.78 is 5.52. The first-order chi connectivity index (χ1) is 13.7. The summed E-state index contributed by atoms with van der Waals surface area (Å²) in [5.41, 5.74) is 4.13. The van der Waals surface area contributed by atoms with E-state index in [0.717, 1.165) is 57.1 Å². The van der Waals surface area contributed by atoms with Gasteiger partial charge >= 0.3 is 0 Å². The SMILES string of the molecule is N#Cc1ccc(CN2CCN(C(=O)/C=C/c3ccc4c(c3)CCO4)CC2)cc1. The zero-order valence-electron chi connectivity index (χ0n) is 15.8. The minimum absolute atomic E-state index is 0.0646. The van der Waals surface area contributed by atoms with Crippen LogP contribution in [0.2, 0.25) is 0 Å². The monoisotopic (exact) mass is 373 g/mol. The van der Waals surface area contributed by atoms with E-state index in [2.05, 4.69) is 17.0 Å². The lowest BCUT2D eigenvalue weighted by molar-refractivity contribution is -0.127. The van der Waals surface area contributed by atoms with Crippen molar-refractivity contribution in [2.45, 2.75) is 13.0 Å². The van der Waals surface area contributed by atoms with Gasteiger partial charge in [0.2, 0.25) is 5.91 Å². The molecular formula is C23H23N3O2. The predicted molar refractivity (Wildman–Crippen MR) is 108 cm³/mol. The molecule has 0 saturated carbocycles. The molecule has 1 saturated heterocycles. The van der Waals surface area contributed by atoms with Crippen molar-refractivity contribution in [1.29, 1.82) is 5.26 Å². The van der Waals surface area contributed by atoms with Crippen molar-refractivity contribution in [2.75, 3.05) is 32.8 Å². The van der Waals surface area contributed by atoms with Gasteiger partial charge in [-0.25, -0.2) is 0 Å². The molecule has 2 aliphatic heterocycles. The number of hydrogen-bond donors (Lipinski definition) is 0. The van der Waals surface area contributed by atoms with Crippen molar-refractivity contribution in [2.24, 2.45) is 0 Å². The summed E-state index contributed by atoms with van der Waals surface area (Å²) in [5, 5.41) is 8.88. The summed E-state index contributed by atoms with van der Waals surface area (Å²) in [5.74, 6) is 1.02. The fourth-order valence-electron chi connectivity index (χ4n) is 3.65. The van der Waals surface area contributed by atoms with Crippen molar-refractivity contribution >= 4 is 12.0 Å². The number of piperazine rings is 1. The van der Waals surface area contributed by atoms with Crippen LogP contribution in [0.15, 0.2) is 48.5 Å².